The van der Waals surface area contributed by atoms with Crippen molar-refractivity contribution < 1.29 is 9.90 Å². The van der Waals surface area contributed by atoms with Crippen molar-refractivity contribution in [2.24, 2.45) is 16.7 Å². The van der Waals surface area contributed by atoms with Gasteiger partial charge < -0.3 is 9.90 Å². The Morgan fingerprint density at radius 3 is 2.06 bits per heavy atom. The Morgan fingerprint density at radius 1 is 1.29 bits per heavy atom. The van der Waals surface area contributed by atoms with Gasteiger partial charge in [0.2, 0.25) is 0 Å². The van der Waals surface area contributed by atoms with E-state index < -0.39 is 11.0 Å². The lowest BCUT2D eigenvalue weighted by Crippen LogP contribution is -2.49. The van der Waals surface area contributed by atoms with E-state index in [1.807, 2.05) is 0 Å². The van der Waals surface area contributed by atoms with Gasteiger partial charge in [-0.15, -0.1) is 0 Å². The number of hydrogen-bond acceptors (Lipinski definition) is 3. The fourth-order valence-electron chi connectivity index (χ4n) is 2.82. The minimum absolute atomic E-state index is 0.231. The molecule has 1 aliphatic rings. The van der Waals surface area contributed by atoms with Gasteiger partial charge in [0.1, 0.15) is 5.60 Å². The van der Waals surface area contributed by atoms with Crippen molar-refractivity contribution in [3.05, 3.63) is 0 Å². The molecule has 0 spiro atoms. The van der Waals surface area contributed by atoms with Crippen LogP contribution in [0.4, 0.5) is 0 Å². The first-order valence-corrected chi connectivity index (χ1v) is 6.28. The number of nitrogens with zero attached hydrogens (tertiary/aromatic N) is 1. The zero-order valence-electron chi connectivity index (χ0n) is 11.3. The SMILES string of the molecule is CC(C)(C)C1CCC(C#N)(C(C)(O)C=O)CC1. The Labute approximate surface area is 104 Å². The number of aldehydes is 1. The number of aliphatic hydroxyl groups is 1. The molecule has 3 nitrogen and oxygen atoms in total. The quantitative estimate of drug-likeness (QED) is 0.751. The van der Waals surface area contributed by atoms with Gasteiger partial charge in [0, 0.05) is 0 Å². The van der Waals surface area contributed by atoms with Crippen LogP contribution in [0, 0.1) is 28.1 Å². The van der Waals surface area contributed by atoms with E-state index in [0.717, 1.165) is 12.8 Å². The Morgan fingerprint density at radius 2 is 1.76 bits per heavy atom. The molecule has 0 heterocycles. The predicted molar refractivity (Wildman–Crippen MR) is 66.1 cm³/mol. The standard InChI is InChI=1S/C14H23NO2/c1-12(2,3)11-5-7-14(9-15,8-6-11)13(4,17)10-16/h10-11,17H,5-8H2,1-4H3. The Balaban J connectivity index is 2.85. The molecule has 0 aromatic carbocycles. The fourth-order valence-corrected chi connectivity index (χ4v) is 2.82. The third kappa shape index (κ3) is 2.52. The first kappa shape index (κ1) is 14.2. The summed E-state index contributed by atoms with van der Waals surface area (Å²) in [4.78, 5) is 11.0. The summed E-state index contributed by atoms with van der Waals surface area (Å²) in [5, 5.41) is 19.4. The van der Waals surface area contributed by atoms with Crippen LogP contribution in [0.3, 0.4) is 0 Å². The van der Waals surface area contributed by atoms with Crippen molar-refractivity contribution in [3.63, 3.8) is 0 Å². The third-order valence-corrected chi connectivity index (χ3v) is 4.48. The largest absolute Gasteiger partial charge is 0.381 e. The highest BCUT2D eigenvalue weighted by atomic mass is 16.3. The van der Waals surface area contributed by atoms with E-state index in [1.165, 1.54) is 6.92 Å². The van der Waals surface area contributed by atoms with Crippen molar-refractivity contribution >= 4 is 6.29 Å². The molecule has 0 aliphatic heterocycles. The first-order valence-electron chi connectivity index (χ1n) is 6.28. The van der Waals surface area contributed by atoms with Gasteiger partial charge in [-0.05, 0) is 43.9 Å². The van der Waals surface area contributed by atoms with Gasteiger partial charge in [-0.2, -0.15) is 5.26 Å². The van der Waals surface area contributed by atoms with Crippen LogP contribution in [0.25, 0.3) is 0 Å². The van der Waals surface area contributed by atoms with Crippen molar-refractivity contribution in [2.75, 3.05) is 0 Å². The highest BCUT2D eigenvalue weighted by molar-refractivity contribution is 5.64. The molecule has 1 fully saturated rings. The smallest absolute Gasteiger partial charge is 0.152 e. The fraction of sp³-hybridized carbons (Fsp3) is 0.857. The molecule has 0 saturated heterocycles. The van der Waals surface area contributed by atoms with E-state index in [2.05, 4.69) is 26.8 Å². The van der Waals surface area contributed by atoms with Crippen LogP contribution in [-0.4, -0.2) is 17.0 Å². The van der Waals surface area contributed by atoms with Gasteiger partial charge in [-0.25, -0.2) is 0 Å². The zero-order chi connectivity index (χ0) is 13.3. The lowest BCUT2D eigenvalue weighted by molar-refractivity contribution is -0.136. The summed E-state index contributed by atoms with van der Waals surface area (Å²) in [5.74, 6) is 0.562. The molecular weight excluding hydrogens is 214 g/mol. The number of carbonyl (C=O) groups is 1. The summed E-state index contributed by atoms with van der Waals surface area (Å²) in [5.41, 5.74) is -2.18. The van der Waals surface area contributed by atoms with E-state index in [0.29, 0.717) is 25.0 Å². The van der Waals surface area contributed by atoms with E-state index >= 15 is 0 Å². The summed E-state index contributed by atoms with van der Waals surface area (Å²) < 4.78 is 0. The number of nitriles is 1. The maximum absolute atomic E-state index is 11.0. The summed E-state index contributed by atoms with van der Waals surface area (Å²) in [6, 6.07) is 2.20. The van der Waals surface area contributed by atoms with Crippen LogP contribution in [0.15, 0.2) is 0 Å². The summed E-state index contributed by atoms with van der Waals surface area (Å²) in [6.07, 6.45) is 3.55. The number of carbonyl (C=O) groups excluding carboxylic acids is 1. The zero-order valence-corrected chi connectivity index (χ0v) is 11.3. The van der Waals surface area contributed by atoms with Crippen LogP contribution >= 0.6 is 0 Å². The lowest BCUT2D eigenvalue weighted by atomic mass is 9.59. The predicted octanol–water partition coefficient (Wildman–Crippen LogP) is 2.68. The molecule has 0 bridgehead atoms. The minimum atomic E-state index is -1.52. The molecular formula is C14H23NO2. The van der Waals surface area contributed by atoms with Crippen molar-refractivity contribution in [1.29, 1.82) is 5.26 Å². The molecule has 0 amide bonds. The van der Waals surface area contributed by atoms with Gasteiger partial charge in [0.25, 0.3) is 0 Å². The molecule has 3 heteroatoms. The second-order valence-corrected chi connectivity index (χ2v) is 6.60. The average molecular weight is 237 g/mol. The monoisotopic (exact) mass is 237 g/mol. The molecule has 1 aliphatic carbocycles. The number of hydrogen-bond donors (Lipinski definition) is 1. The maximum Gasteiger partial charge on any atom is 0.152 e. The molecule has 0 radical (unpaired) electrons. The van der Waals surface area contributed by atoms with Crippen LogP contribution < -0.4 is 0 Å². The summed E-state index contributed by atoms with van der Waals surface area (Å²) in [6.45, 7) is 8.07. The Kier molecular flexibility index (Phi) is 3.69. The van der Waals surface area contributed by atoms with Gasteiger partial charge in [0.15, 0.2) is 6.29 Å². The first-order chi connectivity index (χ1) is 7.68. The third-order valence-electron chi connectivity index (χ3n) is 4.48. The Bertz CT molecular complexity index is 325. The van der Waals surface area contributed by atoms with Crippen molar-refractivity contribution in [3.8, 4) is 6.07 Å². The van der Waals surface area contributed by atoms with Crippen LogP contribution in [0.1, 0.15) is 53.4 Å². The van der Waals surface area contributed by atoms with Crippen molar-refractivity contribution in [2.45, 2.75) is 59.0 Å². The topological polar surface area (TPSA) is 61.1 Å². The minimum Gasteiger partial charge on any atom is -0.381 e. The van der Waals surface area contributed by atoms with Crippen molar-refractivity contribution in [1.82, 2.24) is 0 Å². The maximum atomic E-state index is 11.0. The highest BCUT2D eigenvalue weighted by Crippen LogP contribution is 2.49. The number of rotatable bonds is 2. The van der Waals surface area contributed by atoms with Gasteiger partial charge in [0.05, 0.1) is 11.5 Å². The second-order valence-electron chi connectivity index (χ2n) is 6.60. The van der Waals surface area contributed by atoms with E-state index in [-0.39, 0.29) is 5.41 Å². The molecule has 1 atom stereocenters. The van der Waals surface area contributed by atoms with Gasteiger partial charge >= 0.3 is 0 Å². The van der Waals surface area contributed by atoms with E-state index in [1.54, 1.807) is 0 Å². The highest BCUT2D eigenvalue weighted by Gasteiger charge is 2.50. The average Bonchev–Trinajstić information content (AvgIpc) is 2.27. The molecule has 1 unspecified atom stereocenters. The van der Waals surface area contributed by atoms with Gasteiger partial charge in [-0.3, -0.25) is 0 Å². The van der Waals surface area contributed by atoms with Crippen LogP contribution in [0.5, 0.6) is 0 Å². The Hall–Kier alpha value is -0.880. The molecule has 96 valence electrons. The molecule has 1 rings (SSSR count). The molecule has 1 N–H and O–H groups in total. The molecule has 0 aromatic rings. The van der Waals surface area contributed by atoms with E-state index in [4.69, 9.17) is 0 Å². The molecule has 0 aromatic heterocycles. The second kappa shape index (κ2) is 4.42. The summed E-state index contributed by atoms with van der Waals surface area (Å²) in [7, 11) is 0. The lowest BCUT2D eigenvalue weighted by Gasteiger charge is -2.45. The van der Waals surface area contributed by atoms with Crippen LogP contribution in [-0.2, 0) is 4.79 Å². The molecule has 1 saturated carbocycles. The van der Waals surface area contributed by atoms with E-state index in [9.17, 15) is 15.2 Å². The molecule has 17 heavy (non-hydrogen) atoms. The van der Waals surface area contributed by atoms with Crippen LogP contribution in [0.2, 0.25) is 0 Å². The normalized spacial score (nSPS) is 33.5. The summed E-state index contributed by atoms with van der Waals surface area (Å²) >= 11 is 0. The van der Waals surface area contributed by atoms with Gasteiger partial charge in [-0.1, -0.05) is 20.8 Å².